The zero-order chi connectivity index (χ0) is 40.4. The summed E-state index contributed by atoms with van der Waals surface area (Å²) in [5.41, 5.74) is 3.94. The van der Waals surface area contributed by atoms with Crippen molar-refractivity contribution in [3.8, 4) is 28.4 Å². The Balaban J connectivity index is 0.000000147. The number of ether oxygens (including phenoxy) is 1. The van der Waals surface area contributed by atoms with Gasteiger partial charge in [0.1, 0.15) is 17.2 Å². The number of ketones is 2. The molecule has 59 heavy (non-hydrogen) atoms. The van der Waals surface area contributed by atoms with Crippen molar-refractivity contribution in [1.29, 1.82) is 0 Å². The highest BCUT2D eigenvalue weighted by Crippen LogP contribution is 2.43. The van der Waals surface area contributed by atoms with Gasteiger partial charge in [-0.1, -0.05) is 137 Å². The lowest BCUT2D eigenvalue weighted by Gasteiger charge is -2.17. The van der Waals surface area contributed by atoms with Gasteiger partial charge < -0.3 is 14.9 Å². The largest absolute Gasteiger partial charge is 0.507 e. The number of hydrogen-bond donors (Lipinski definition) is 2. The number of methoxy groups -OCH3 is 1. The van der Waals surface area contributed by atoms with E-state index in [-0.39, 0.29) is 23.1 Å². The number of para-hydroxylation sites is 3. The van der Waals surface area contributed by atoms with Crippen molar-refractivity contribution >= 4 is 92.1 Å². The number of aromatic hydroxyl groups is 2. The van der Waals surface area contributed by atoms with Gasteiger partial charge in [0.05, 0.1) is 18.2 Å². The zero-order valence-corrected chi connectivity index (χ0v) is 33.2. The number of carbonyl (C=O) groups excluding carboxylic acids is 2. The molecule has 0 radical (unpaired) electrons. The van der Waals surface area contributed by atoms with Crippen LogP contribution in [0.1, 0.15) is 31.8 Å². The first-order valence-corrected chi connectivity index (χ1v) is 20.0. The Kier molecular flexibility index (Phi) is 8.73. The third kappa shape index (κ3) is 5.83. The molecule has 11 rings (SSSR count). The Morgan fingerprint density at radius 2 is 0.814 bits per heavy atom. The Morgan fingerprint density at radius 3 is 1.36 bits per heavy atom. The maximum Gasteiger partial charge on any atom is 0.197 e. The molecule has 0 atom stereocenters. The van der Waals surface area contributed by atoms with Crippen LogP contribution in [0.25, 0.3) is 75.8 Å². The molecule has 0 unspecified atom stereocenters. The molecule has 0 bridgehead atoms. The summed E-state index contributed by atoms with van der Waals surface area (Å²) in [6.45, 7) is 0. The van der Waals surface area contributed by atoms with Crippen LogP contribution < -0.4 is 4.74 Å². The maximum absolute atomic E-state index is 13.4. The van der Waals surface area contributed by atoms with Crippen molar-refractivity contribution in [3.63, 3.8) is 0 Å². The van der Waals surface area contributed by atoms with Crippen LogP contribution in [0.15, 0.2) is 174 Å². The van der Waals surface area contributed by atoms with Crippen LogP contribution in [0.5, 0.6) is 17.2 Å². The number of benzene rings is 11. The fraction of sp³-hybridized carbons (Fsp3) is 0.0189. The molecule has 11 aromatic rings. The van der Waals surface area contributed by atoms with Crippen LogP contribution in [-0.4, -0.2) is 28.9 Å². The number of hydrogen-bond acceptors (Lipinski definition) is 5. The molecule has 0 heterocycles. The Bertz CT molecular complexity index is 3460. The van der Waals surface area contributed by atoms with Crippen molar-refractivity contribution < 1.29 is 24.5 Å². The van der Waals surface area contributed by atoms with E-state index in [1.807, 2.05) is 54.6 Å². The number of phenolic OH excluding ortho intramolecular Hbond substituents is 2. The summed E-state index contributed by atoms with van der Waals surface area (Å²) in [6.07, 6.45) is 0. The van der Waals surface area contributed by atoms with E-state index in [1.165, 1.54) is 0 Å². The van der Waals surface area contributed by atoms with Crippen LogP contribution in [0, 0.1) is 0 Å². The van der Waals surface area contributed by atoms with Gasteiger partial charge in [0.15, 0.2) is 11.6 Å². The summed E-state index contributed by atoms with van der Waals surface area (Å²) < 4.78 is 6.67. The second-order valence-electron chi connectivity index (χ2n) is 14.6. The number of halogens is 1. The standard InChI is InChI=1S/C30H20O3.C23H13BrO2/c1-33-27-9-5-3-6-21(27)20-14-10-18-12-16-23-24(30(32)25-7-2-4-8-26(25)31)17-13-19-11-15-22(20)28(18)29(19)23;24-19-12-8-14-5-9-15-16(23(26)18-3-1-2-4-20(18)25)10-6-13-7-11-17(19)22(14)21(13)15/h2-17,31H,1H3;1-12,25H. The molecule has 0 aliphatic carbocycles. The summed E-state index contributed by atoms with van der Waals surface area (Å²) in [6, 6.07) is 54.1. The molecule has 2 N–H and O–H groups in total. The molecule has 0 aromatic heterocycles. The number of carbonyl (C=O) groups is 2. The van der Waals surface area contributed by atoms with Crippen LogP contribution in [0.3, 0.4) is 0 Å². The summed E-state index contributed by atoms with van der Waals surface area (Å²) in [5, 5.41) is 33.3. The van der Waals surface area contributed by atoms with E-state index >= 15 is 0 Å². The second kappa shape index (κ2) is 14.3. The fourth-order valence-electron chi connectivity index (χ4n) is 8.69. The van der Waals surface area contributed by atoms with E-state index < -0.39 is 0 Å². The molecule has 0 saturated carbocycles. The first-order chi connectivity index (χ1) is 28.8. The molecule has 11 aromatic carbocycles. The smallest absolute Gasteiger partial charge is 0.197 e. The summed E-state index contributed by atoms with van der Waals surface area (Å²) in [7, 11) is 1.69. The van der Waals surface area contributed by atoms with E-state index in [1.54, 1.807) is 55.6 Å². The van der Waals surface area contributed by atoms with E-state index in [0.717, 1.165) is 86.0 Å². The highest BCUT2D eigenvalue weighted by Gasteiger charge is 2.21. The van der Waals surface area contributed by atoms with Crippen molar-refractivity contribution in [2.75, 3.05) is 7.11 Å². The summed E-state index contributed by atoms with van der Waals surface area (Å²) in [4.78, 5) is 26.5. The zero-order valence-electron chi connectivity index (χ0n) is 31.7. The highest BCUT2D eigenvalue weighted by atomic mass is 79.9. The van der Waals surface area contributed by atoms with Gasteiger partial charge >= 0.3 is 0 Å². The van der Waals surface area contributed by atoms with Gasteiger partial charge in [-0.15, -0.1) is 0 Å². The number of rotatable bonds is 6. The molecule has 5 nitrogen and oxygen atoms in total. The van der Waals surface area contributed by atoms with Crippen LogP contribution in [-0.2, 0) is 0 Å². The van der Waals surface area contributed by atoms with Gasteiger partial charge in [-0.05, 0) is 119 Å². The fourth-order valence-corrected chi connectivity index (χ4v) is 9.15. The van der Waals surface area contributed by atoms with Crippen LogP contribution in [0.2, 0.25) is 0 Å². The lowest BCUT2D eigenvalue weighted by atomic mass is 9.87. The monoisotopic (exact) mass is 828 g/mol. The molecule has 0 spiro atoms. The van der Waals surface area contributed by atoms with Crippen molar-refractivity contribution in [3.05, 3.63) is 197 Å². The van der Waals surface area contributed by atoms with Gasteiger partial charge in [-0.25, -0.2) is 0 Å². The van der Waals surface area contributed by atoms with E-state index in [2.05, 4.69) is 82.7 Å². The maximum atomic E-state index is 13.4. The van der Waals surface area contributed by atoms with Gasteiger partial charge in [-0.2, -0.15) is 0 Å². The average Bonchev–Trinajstić information content (AvgIpc) is 3.28. The lowest BCUT2D eigenvalue weighted by molar-refractivity contribution is 0.102. The van der Waals surface area contributed by atoms with Gasteiger partial charge in [0.25, 0.3) is 0 Å². The quantitative estimate of drug-likeness (QED) is 0.129. The molecule has 0 saturated heterocycles. The molecule has 0 aliphatic rings. The molecule has 0 fully saturated rings. The Hall–Kier alpha value is -7.28. The van der Waals surface area contributed by atoms with Crippen molar-refractivity contribution in [2.24, 2.45) is 0 Å². The van der Waals surface area contributed by atoms with E-state index in [4.69, 9.17) is 4.74 Å². The Morgan fingerprint density at radius 1 is 0.407 bits per heavy atom. The van der Waals surface area contributed by atoms with Crippen LogP contribution >= 0.6 is 15.9 Å². The Labute approximate surface area is 347 Å². The third-order valence-corrected chi connectivity index (χ3v) is 12.2. The second-order valence-corrected chi connectivity index (χ2v) is 15.5. The molecule has 0 aliphatic heterocycles. The first-order valence-electron chi connectivity index (χ1n) is 19.2. The first kappa shape index (κ1) is 36.1. The lowest BCUT2D eigenvalue weighted by Crippen LogP contribution is -2.03. The summed E-state index contributed by atoms with van der Waals surface area (Å²) in [5.74, 6) is 0.469. The van der Waals surface area contributed by atoms with Gasteiger partial charge in [-0.3, -0.25) is 9.59 Å². The van der Waals surface area contributed by atoms with Gasteiger partial charge in [0, 0.05) is 21.2 Å². The van der Waals surface area contributed by atoms with Crippen molar-refractivity contribution in [2.45, 2.75) is 0 Å². The molecule has 0 amide bonds. The van der Waals surface area contributed by atoms with E-state index in [0.29, 0.717) is 22.3 Å². The average molecular weight is 830 g/mol. The minimum absolute atomic E-state index is 0.00550. The molecular formula is C53H33BrO5. The van der Waals surface area contributed by atoms with Crippen molar-refractivity contribution in [1.82, 2.24) is 0 Å². The van der Waals surface area contributed by atoms with E-state index in [9.17, 15) is 19.8 Å². The molecule has 6 heteroatoms. The van der Waals surface area contributed by atoms with Crippen LogP contribution in [0.4, 0.5) is 0 Å². The van der Waals surface area contributed by atoms with Gasteiger partial charge in [0.2, 0.25) is 0 Å². The SMILES string of the molecule is COc1ccccc1-c1ccc2ccc3c(C(=O)c4ccccc4O)ccc4ccc1c2c43.O=C(c1ccccc1O)c1ccc2ccc3c(Br)ccc4ccc1c2c43. The predicted molar refractivity (Wildman–Crippen MR) is 243 cm³/mol. The highest BCUT2D eigenvalue weighted by molar-refractivity contribution is 9.10. The normalized spacial score (nSPS) is 11.5. The third-order valence-electron chi connectivity index (χ3n) is 11.5. The topological polar surface area (TPSA) is 83.8 Å². The molecular weight excluding hydrogens is 796 g/mol. The minimum atomic E-state index is -0.184. The predicted octanol–water partition coefficient (Wildman–Crippen LogP) is 13.5. The molecule has 282 valence electrons. The minimum Gasteiger partial charge on any atom is -0.507 e. The number of phenols is 2. The summed E-state index contributed by atoms with van der Waals surface area (Å²) >= 11 is 3.64.